The number of benzene rings is 1. The highest BCUT2D eigenvalue weighted by Crippen LogP contribution is 2.15. The Morgan fingerprint density at radius 1 is 1.33 bits per heavy atom. The number of nitrogens with one attached hydrogen (secondary N) is 2. The van der Waals surface area contributed by atoms with Gasteiger partial charge in [0.05, 0.1) is 0 Å². The minimum atomic E-state index is -0.0914. The lowest BCUT2D eigenvalue weighted by Gasteiger charge is -2.07. The highest BCUT2D eigenvalue weighted by molar-refractivity contribution is 9.10. The van der Waals surface area contributed by atoms with Crippen LogP contribution in [0, 0.1) is 4.77 Å². The number of aromatic amines is 2. The SMILES string of the molecule is CCc1c(Cc2cccc(Br)c2)[nH]c(=S)[nH]c1=O. The second kappa shape index (κ2) is 5.63. The van der Waals surface area contributed by atoms with Crippen LogP contribution in [0.4, 0.5) is 0 Å². The van der Waals surface area contributed by atoms with Crippen LogP contribution in [0.15, 0.2) is 33.5 Å². The third-order valence-corrected chi connectivity index (χ3v) is 3.45. The summed E-state index contributed by atoms with van der Waals surface area (Å²) in [6.07, 6.45) is 1.36. The largest absolute Gasteiger partial charge is 0.335 e. The summed E-state index contributed by atoms with van der Waals surface area (Å²) in [6, 6.07) is 8.02. The summed E-state index contributed by atoms with van der Waals surface area (Å²) in [7, 11) is 0. The lowest BCUT2D eigenvalue weighted by molar-refractivity contribution is 0.911. The van der Waals surface area contributed by atoms with Crippen molar-refractivity contribution in [2.75, 3.05) is 0 Å². The lowest BCUT2D eigenvalue weighted by atomic mass is 10.0. The zero-order valence-corrected chi connectivity index (χ0v) is 12.3. The number of aromatic nitrogens is 2. The molecule has 0 atom stereocenters. The lowest BCUT2D eigenvalue weighted by Crippen LogP contribution is -2.17. The molecule has 5 heteroatoms. The van der Waals surface area contributed by atoms with Gasteiger partial charge in [-0.15, -0.1) is 0 Å². The molecule has 0 saturated heterocycles. The topological polar surface area (TPSA) is 48.6 Å². The van der Waals surface area contributed by atoms with Crippen LogP contribution in [-0.2, 0) is 12.8 Å². The van der Waals surface area contributed by atoms with Crippen molar-refractivity contribution in [3.63, 3.8) is 0 Å². The first-order chi connectivity index (χ1) is 8.60. The second-order valence-electron chi connectivity index (χ2n) is 4.03. The summed E-state index contributed by atoms with van der Waals surface area (Å²) >= 11 is 8.46. The van der Waals surface area contributed by atoms with Gasteiger partial charge in [0.15, 0.2) is 4.77 Å². The summed E-state index contributed by atoms with van der Waals surface area (Å²) in [4.78, 5) is 17.5. The molecule has 1 heterocycles. The molecule has 94 valence electrons. The van der Waals surface area contributed by atoms with E-state index in [4.69, 9.17) is 12.2 Å². The Kier molecular flexibility index (Phi) is 4.14. The molecule has 2 N–H and O–H groups in total. The van der Waals surface area contributed by atoms with Gasteiger partial charge in [-0.1, -0.05) is 35.0 Å². The molecule has 0 radical (unpaired) electrons. The van der Waals surface area contributed by atoms with Crippen molar-refractivity contribution in [2.24, 2.45) is 0 Å². The number of rotatable bonds is 3. The first-order valence-electron chi connectivity index (χ1n) is 5.69. The Morgan fingerprint density at radius 3 is 2.78 bits per heavy atom. The molecular formula is C13H13BrN2OS. The predicted molar refractivity (Wildman–Crippen MR) is 78.6 cm³/mol. The molecular weight excluding hydrogens is 312 g/mol. The Balaban J connectivity index is 2.46. The van der Waals surface area contributed by atoms with Crippen molar-refractivity contribution in [2.45, 2.75) is 19.8 Å². The number of hydrogen-bond donors (Lipinski definition) is 2. The maximum Gasteiger partial charge on any atom is 0.255 e. The zero-order valence-electron chi connectivity index (χ0n) is 9.92. The van der Waals surface area contributed by atoms with Crippen LogP contribution in [0.25, 0.3) is 0 Å². The summed E-state index contributed by atoms with van der Waals surface area (Å²) in [6.45, 7) is 1.96. The van der Waals surface area contributed by atoms with Gasteiger partial charge in [0, 0.05) is 22.2 Å². The van der Waals surface area contributed by atoms with Gasteiger partial charge in [-0.25, -0.2) is 0 Å². The van der Waals surface area contributed by atoms with E-state index >= 15 is 0 Å². The monoisotopic (exact) mass is 324 g/mol. The Bertz CT molecular complexity index is 675. The molecule has 0 amide bonds. The van der Waals surface area contributed by atoms with E-state index in [1.807, 2.05) is 31.2 Å². The average Bonchev–Trinajstić information content (AvgIpc) is 2.28. The van der Waals surface area contributed by atoms with Crippen molar-refractivity contribution in [3.05, 3.63) is 60.7 Å². The molecule has 2 rings (SSSR count). The van der Waals surface area contributed by atoms with E-state index in [0.717, 1.165) is 21.3 Å². The first kappa shape index (κ1) is 13.2. The minimum Gasteiger partial charge on any atom is -0.335 e. The van der Waals surface area contributed by atoms with Gasteiger partial charge >= 0.3 is 0 Å². The average molecular weight is 325 g/mol. The minimum absolute atomic E-state index is 0.0914. The zero-order chi connectivity index (χ0) is 13.1. The van der Waals surface area contributed by atoms with E-state index in [1.165, 1.54) is 0 Å². The van der Waals surface area contributed by atoms with Gasteiger partial charge < -0.3 is 4.98 Å². The van der Waals surface area contributed by atoms with Crippen molar-refractivity contribution in [1.29, 1.82) is 0 Å². The predicted octanol–water partition coefficient (Wildman–Crippen LogP) is 3.35. The highest BCUT2D eigenvalue weighted by atomic mass is 79.9. The van der Waals surface area contributed by atoms with E-state index in [-0.39, 0.29) is 5.56 Å². The third-order valence-electron chi connectivity index (χ3n) is 2.75. The van der Waals surface area contributed by atoms with Crippen molar-refractivity contribution in [3.8, 4) is 0 Å². The van der Waals surface area contributed by atoms with Crippen molar-refractivity contribution >= 4 is 28.1 Å². The van der Waals surface area contributed by atoms with Crippen molar-refractivity contribution < 1.29 is 0 Å². The van der Waals surface area contributed by atoms with E-state index in [0.29, 0.717) is 17.6 Å². The van der Waals surface area contributed by atoms with Crippen molar-refractivity contribution in [1.82, 2.24) is 9.97 Å². The second-order valence-corrected chi connectivity index (χ2v) is 5.35. The first-order valence-corrected chi connectivity index (χ1v) is 6.89. The summed E-state index contributed by atoms with van der Waals surface area (Å²) in [5, 5.41) is 0. The van der Waals surface area contributed by atoms with Gasteiger partial charge in [-0.3, -0.25) is 9.78 Å². The van der Waals surface area contributed by atoms with E-state index in [1.54, 1.807) is 0 Å². The van der Waals surface area contributed by atoms with Gasteiger partial charge in [0.2, 0.25) is 0 Å². The highest BCUT2D eigenvalue weighted by Gasteiger charge is 2.07. The Hall–Kier alpha value is -1.20. The molecule has 1 aromatic heterocycles. The molecule has 1 aromatic carbocycles. The van der Waals surface area contributed by atoms with E-state index < -0.39 is 0 Å². The van der Waals surface area contributed by atoms with Gasteiger partial charge in [-0.05, 0) is 36.3 Å². The smallest absolute Gasteiger partial charge is 0.255 e. The molecule has 0 fully saturated rings. The molecule has 18 heavy (non-hydrogen) atoms. The maximum absolute atomic E-state index is 11.8. The molecule has 0 spiro atoms. The van der Waals surface area contributed by atoms with Crippen LogP contribution in [0.2, 0.25) is 0 Å². The van der Waals surface area contributed by atoms with Crippen LogP contribution in [0.1, 0.15) is 23.7 Å². The van der Waals surface area contributed by atoms with Gasteiger partial charge in [-0.2, -0.15) is 0 Å². The molecule has 0 bridgehead atoms. The summed E-state index contributed by atoms with van der Waals surface area (Å²) < 4.78 is 1.41. The number of H-pyrrole nitrogens is 2. The molecule has 0 aliphatic heterocycles. The van der Waals surface area contributed by atoms with Crippen LogP contribution < -0.4 is 5.56 Å². The van der Waals surface area contributed by atoms with Crippen LogP contribution in [0.5, 0.6) is 0 Å². The van der Waals surface area contributed by atoms with E-state index in [9.17, 15) is 4.79 Å². The fraction of sp³-hybridized carbons (Fsp3) is 0.231. The van der Waals surface area contributed by atoms with Gasteiger partial charge in [0.1, 0.15) is 0 Å². The molecule has 0 saturated carbocycles. The fourth-order valence-electron chi connectivity index (χ4n) is 1.94. The van der Waals surface area contributed by atoms with Crippen LogP contribution in [0.3, 0.4) is 0 Å². The number of halogens is 1. The third kappa shape index (κ3) is 2.97. The molecule has 0 unspecified atom stereocenters. The molecule has 3 nitrogen and oxygen atoms in total. The number of hydrogen-bond acceptors (Lipinski definition) is 2. The quantitative estimate of drug-likeness (QED) is 0.850. The van der Waals surface area contributed by atoms with E-state index in [2.05, 4.69) is 25.9 Å². The standard InChI is InChI=1S/C13H13BrN2OS/c1-2-10-11(15-13(18)16-12(10)17)7-8-4-3-5-9(14)6-8/h3-6H,2,7H2,1H3,(H2,15,16,17,18). The fourth-order valence-corrected chi connectivity index (χ4v) is 2.60. The summed E-state index contributed by atoms with van der Waals surface area (Å²) in [5.74, 6) is 0. The van der Waals surface area contributed by atoms with Crippen LogP contribution >= 0.6 is 28.1 Å². The summed E-state index contributed by atoms with van der Waals surface area (Å²) in [5.41, 5.74) is 2.70. The Labute approximate surface area is 118 Å². The molecule has 0 aliphatic rings. The molecule has 0 aliphatic carbocycles. The molecule has 2 aromatic rings. The Morgan fingerprint density at radius 2 is 2.11 bits per heavy atom. The van der Waals surface area contributed by atoms with Gasteiger partial charge in [0.25, 0.3) is 5.56 Å². The maximum atomic E-state index is 11.8. The normalized spacial score (nSPS) is 10.6. The van der Waals surface area contributed by atoms with Crippen LogP contribution in [-0.4, -0.2) is 9.97 Å².